The lowest BCUT2D eigenvalue weighted by molar-refractivity contribution is 0.231. The fourth-order valence-corrected chi connectivity index (χ4v) is 3.76. The van der Waals surface area contributed by atoms with E-state index in [0.717, 1.165) is 5.56 Å². The standard InChI is InChI=1S/C25H23F2N5O2P2/c1-2-31-14-16(13-29-31)10-18-4-3-9-32(24(18)33)23-20(12-28)22(34-15-25(27,35)36)11-21(30-23)17-5-7-19(26)8-6-17/h3-9,11,13-14H,2,10,15,35-36H2,1H3. The van der Waals surface area contributed by atoms with E-state index in [2.05, 4.69) is 10.1 Å². The second-order valence-corrected chi connectivity index (χ2v) is 10.7. The summed E-state index contributed by atoms with van der Waals surface area (Å²) in [6, 6.07) is 12.5. The van der Waals surface area contributed by atoms with Gasteiger partial charge in [-0.2, -0.15) is 10.4 Å². The number of pyridine rings is 2. The number of hydrogen-bond acceptors (Lipinski definition) is 5. The Morgan fingerprint density at radius 2 is 1.97 bits per heavy atom. The quantitative estimate of drug-likeness (QED) is 0.317. The van der Waals surface area contributed by atoms with Crippen LogP contribution in [-0.2, 0) is 13.0 Å². The molecule has 0 aliphatic rings. The summed E-state index contributed by atoms with van der Waals surface area (Å²) in [5, 5.41) is 12.4. The van der Waals surface area contributed by atoms with Crippen LogP contribution in [0.1, 0.15) is 23.6 Å². The van der Waals surface area contributed by atoms with E-state index in [4.69, 9.17) is 4.74 Å². The molecule has 184 valence electrons. The first-order chi connectivity index (χ1) is 17.2. The minimum absolute atomic E-state index is 0.0295. The maximum atomic E-state index is 14.2. The molecule has 2 atom stereocenters. The van der Waals surface area contributed by atoms with Crippen LogP contribution in [0, 0.1) is 17.1 Å². The molecule has 0 amide bonds. The van der Waals surface area contributed by atoms with Crippen LogP contribution in [0.5, 0.6) is 5.75 Å². The van der Waals surface area contributed by atoms with Crippen molar-refractivity contribution in [3.8, 4) is 28.9 Å². The largest absolute Gasteiger partial charge is 0.488 e. The summed E-state index contributed by atoms with van der Waals surface area (Å²) in [6.45, 7) is 2.29. The lowest BCUT2D eigenvalue weighted by Crippen LogP contribution is -2.24. The molecule has 36 heavy (non-hydrogen) atoms. The van der Waals surface area contributed by atoms with Crippen LogP contribution in [0.25, 0.3) is 17.1 Å². The van der Waals surface area contributed by atoms with Crippen molar-refractivity contribution in [2.75, 3.05) is 6.61 Å². The third kappa shape index (κ3) is 5.84. The van der Waals surface area contributed by atoms with E-state index in [9.17, 15) is 18.8 Å². The van der Waals surface area contributed by atoms with Gasteiger partial charge in [0.15, 0.2) is 11.0 Å². The van der Waals surface area contributed by atoms with Gasteiger partial charge in [0, 0.05) is 42.6 Å². The van der Waals surface area contributed by atoms with Gasteiger partial charge in [-0.15, -0.1) is 0 Å². The molecule has 0 spiro atoms. The third-order valence-electron chi connectivity index (χ3n) is 5.32. The van der Waals surface area contributed by atoms with Crippen molar-refractivity contribution < 1.29 is 13.5 Å². The van der Waals surface area contributed by atoms with E-state index in [1.165, 1.54) is 41.1 Å². The van der Waals surface area contributed by atoms with Crippen molar-refractivity contribution in [3.05, 3.63) is 93.9 Å². The molecule has 4 aromatic rings. The molecule has 0 aliphatic carbocycles. The van der Waals surface area contributed by atoms with E-state index >= 15 is 0 Å². The Balaban J connectivity index is 1.86. The first kappa shape index (κ1) is 25.6. The molecular weight excluding hydrogens is 502 g/mol. The first-order valence-corrected chi connectivity index (χ1v) is 12.2. The molecule has 0 fully saturated rings. The van der Waals surface area contributed by atoms with Crippen molar-refractivity contribution in [2.24, 2.45) is 0 Å². The molecule has 0 bridgehead atoms. The molecule has 2 unspecified atom stereocenters. The molecule has 1 aromatic carbocycles. The molecule has 7 nitrogen and oxygen atoms in total. The molecule has 0 saturated carbocycles. The summed E-state index contributed by atoms with van der Waals surface area (Å²) < 4.78 is 36.3. The summed E-state index contributed by atoms with van der Waals surface area (Å²) in [7, 11) is 4.00. The average molecular weight is 525 g/mol. The number of nitrogens with zero attached hydrogens (tertiary/aromatic N) is 5. The third-order valence-corrected chi connectivity index (χ3v) is 5.66. The zero-order valence-corrected chi connectivity index (χ0v) is 21.7. The minimum atomic E-state index is -1.83. The molecule has 0 saturated heterocycles. The van der Waals surface area contributed by atoms with Crippen LogP contribution >= 0.6 is 18.5 Å². The highest BCUT2D eigenvalue weighted by molar-refractivity contribution is 7.39. The number of nitriles is 1. The van der Waals surface area contributed by atoms with Gasteiger partial charge < -0.3 is 4.74 Å². The van der Waals surface area contributed by atoms with E-state index in [0.29, 0.717) is 29.8 Å². The van der Waals surface area contributed by atoms with E-state index in [1.54, 1.807) is 23.0 Å². The molecule has 3 heterocycles. The molecular formula is C25H23F2N5O2P2. The smallest absolute Gasteiger partial charge is 0.259 e. The highest BCUT2D eigenvalue weighted by atomic mass is 31.1. The number of aryl methyl sites for hydroxylation is 1. The van der Waals surface area contributed by atoms with Crippen LogP contribution in [0.4, 0.5) is 8.78 Å². The molecule has 0 aliphatic heterocycles. The predicted octanol–water partition coefficient (Wildman–Crippen LogP) is 4.47. The van der Waals surface area contributed by atoms with E-state index in [-0.39, 0.29) is 29.3 Å². The fourth-order valence-electron chi connectivity index (χ4n) is 3.59. The highest BCUT2D eigenvalue weighted by Gasteiger charge is 2.22. The normalized spacial score (nSPS) is 11.3. The Labute approximate surface area is 211 Å². The van der Waals surface area contributed by atoms with Crippen LogP contribution in [0.2, 0.25) is 0 Å². The molecule has 0 N–H and O–H groups in total. The number of ether oxygens (including phenoxy) is 1. The first-order valence-electron chi connectivity index (χ1n) is 11.0. The average Bonchev–Trinajstić information content (AvgIpc) is 3.31. The van der Waals surface area contributed by atoms with Gasteiger partial charge in [-0.25, -0.2) is 13.8 Å². The van der Waals surface area contributed by atoms with Gasteiger partial charge in [0.25, 0.3) is 5.56 Å². The van der Waals surface area contributed by atoms with Crippen molar-refractivity contribution in [3.63, 3.8) is 0 Å². The number of halogens is 2. The van der Waals surface area contributed by atoms with Crippen molar-refractivity contribution >= 4 is 18.5 Å². The molecule has 11 heteroatoms. The monoisotopic (exact) mass is 525 g/mol. The van der Waals surface area contributed by atoms with Crippen molar-refractivity contribution in [2.45, 2.75) is 25.0 Å². The Morgan fingerprint density at radius 3 is 2.61 bits per heavy atom. The molecule has 0 radical (unpaired) electrons. The van der Waals surface area contributed by atoms with Gasteiger partial charge in [-0.05, 0) is 42.8 Å². The zero-order valence-electron chi connectivity index (χ0n) is 19.4. The number of aromatic nitrogens is 4. The van der Waals surface area contributed by atoms with Crippen LogP contribution in [-0.4, -0.2) is 31.1 Å². The Kier molecular flexibility index (Phi) is 7.59. The minimum Gasteiger partial charge on any atom is -0.488 e. The second-order valence-electron chi connectivity index (χ2n) is 8.13. The Morgan fingerprint density at radius 1 is 1.22 bits per heavy atom. The molecule has 3 aromatic heterocycles. The van der Waals surface area contributed by atoms with Gasteiger partial charge in [-0.3, -0.25) is 14.0 Å². The maximum Gasteiger partial charge on any atom is 0.259 e. The van der Waals surface area contributed by atoms with Gasteiger partial charge in [0.05, 0.1) is 11.9 Å². The second kappa shape index (κ2) is 10.7. The fraction of sp³-hybridized carbons (Fsp3) is 0.200. The van der Waals surface area contributed by atoms with Crippen molar-refractivity contribution in [1.29, 1.82) is 5.26 Å². The number of rotatable bonds is 8. The summed E-state index contributed by atoms with van der Waals surface area (Å²) in [4.78, 5) is 18.0. The summed E-state index contributed by atoms with van der Waals surface area (Å²) in [5.41, 5.74) is 1.81. The number of hydrogen-bond donors (Lipinski definition) is 0. The van der Waals surface area contributed by atoms with Crippen LogP contribution < -0.4 is 10.3 Å². The summed E-state index contributed by atoms with van der Waals surface area (Å²) >= 11 is 0. The summed E-state index contributed by atoms with van der Waals surface area (Å²) in [6.07, 6.45) is 5.42. The van der Waals surface area contributed by atoms with Crippen molar-refractivity contribution in [1.82, 2.24) is 19.3 Å². The summed E-state index contributed by atoms with van der Waals surface area (Å²) in [5.74, 6) is -0.342. The van der Waals surface area contributed by atoms with Gasteiger partial charge in [0.2, 0.25) is 0 Å². The lowest BCUT2D eigenvalue weighted by atomic mass is 10.1. The highest BCUT2D eigenvalue weighted by Crippen LogP contribution is 2.33. The van der Waals surface area contributed by atoms with Gasteiger partial charge in [-0.1, -0.05) is 24.5 Å². The maximum absolute atomic E-state index is 14.2. The van der Waals surface area contributed by atoms with Gasteiger partial charge in [0.1, 0.15) is 29.8 Å². The zero-order chi connectivity index (χ0) is 25.9. The van der Waals surface area contributed by atoms with Crippen LogP contribution in [0.15, 0.2) is 65.8 Å². The number of benzene rings is 1. The van der Waals surface area contributed by atoms with E-state index < -0.39 is 11.0 Å². The molecule has 4 rings (SSSR count). The van der Waals surface area contributed by atoms with Gasteiger partial charge >= 0.3 is 0 Å². The lowest BCUT2D eigenvalue weighted by Gasteiger charge is -2.18. The van der Waals surface area contributed by atoms with E-state index in [1.807, 2.05) is 37.7 Å². The Bertz CT molecular complexity index is 1490. The topological polar surface area (TPSA) is 85.7 Å². The SMILES string of the molecule is CCn1cc(Cc2cccn(-c3nc(-c4ccc(F)cc4)cc(OCC(F)(P)P)c3C#N)c2=O)cn1. The predicted molar refractivity (Wildman–Crippen MR) is 139 cm³/mol. The van der Waals surface area contributed by atoms with Crippen LogP contribution in [0.3, 0.4) is 0 Å². The number of alkyl halides is 1. The Hall–Kier alpha value is -3.46.